The summed E-state index contributed by atoms with van der Waals surface area (Å²) < 4.78 is 38.2. The normalized spacial score (nSPS) is 15.5. The van der Waals surface area contributed by atoms with Gasteiger partial charge >= 0.3 is 6.18 Å². The second-order valence-electron chi connectivity index (χ2n) is 8.84. The number of amides is 2. The first kappa shape index (κ1) is 22.8. The number of carbonyl (C=O) groups is 2. The number of hydrogen-bond donors (Lipinski definition) is 0. The summed E-state index contributed by atoms with van der Waals surface area (Å²) in [4.78, 5) is 29.0. The van der Waals surface area contributed by atoms with E-state index in [-0.39, 0.29) is 22.8 Å². The summed E-state index contributed by atoms with van der Waals surface area (Å²) in [5.41, 5.74) is 1.19. The maximum absolute atomic E-state index is 12.9. The molecule has 1 aliphatic heterocycles. The van der Waals surface area contributed by atoms with E-state index in [0.717, 1.165) is 17.7 Å². The third-order valence-corrected chi connectivity index (χ3v) is 5.53. The highest BCUT2D eigenvalue weighted by Gasteiger charge is 2.31. The first-order valence-electron chi connectivity index (χ1n) is 10.3. The molecule has 0 spiro atoms. The van der Waals surface area contributed by atoms with Gasteiger partial charge in [-0.1, -0.05) is 32.9 Å². The minimum atomic E-state index is -4.43. The molecule has 0 bridgehead atoms. The summed E-state index contributed by atoms with van der Waals surface area (Å²) in [6, 6.07) is 11.8. The zero-order valence-corrected chi connectivity index (χ0v) is 18.0. The van der Waals surface area contributed by atoms with Gasteiger partial charge in [-0.3, -0.25) is 9.59 Å². The number of nitrogens with zero attached hydrogens (tertiary/aromatic N) is 2. The number of rotatable bonds is 2. The molecule has 0 unspecified atom stereocenters. The molecule has 7 heteroatoms. The van der Waals surface area contributed by atoms with Gasteiger partial charge in [0, 0.05) is 37.3 Å². The minimum Gasteiger partial charge on any atom is -0.337 e. The third-order valence-electron chi connectivity index (χ3n) is 5.53. The molecule has 2 amide bonds. The van der Waals surface area contributed by atoms with Crippen molar-refractivity contribution >= 4 is 11.8 Å². The first-order valence-corrected chi connectivity index (χ1v) is 10.3. The van der Waals surface area contributed by atoms with Gasteiger partial charge in [-0.25, -0.2) is 0 Å². The summed E-state index contributed by atoms with van der Waals surface area (Å²) in [5, 5.41) is 0. The van der Waals surface area contributed by atoms with Gasteiger partial charge < -0.3 is 9.80 Å². The minimum absolute atomic E-state index is 0.00332. The van der Waals surface area contributed by atoms with Crippen molar-refractivity contribution in [2.45, 2.75) is 38.8 Å². The molecular formula is C24H27F3N2O2. The van der Waals surface area contributed by atoms with Crippen molar-refractivity contribution in [2.75, 3.05) is 26.2 Å². The first-order chi connectivity index (χ1) is 14.5. The number of halogens is 3. The maximum atomic E-state index is 12.9. The van der Waals surface area contributed by atoms with E-state index in [4.69, 9.17) is 0 Å². The molecule has 0 saturated carbocycles. The summed E-state index contributed by atoms with van der Waals surface area (Å²) in [7, 11) is 0. The Labute approximate surface area is 180 Å². The Balaban J connectivity index is 1.64. The van der Waals surface area contributed by atoms with Gasteiger partial charge in [0.15, 0.2) is 0 Å². The molecule has 2 aromatic carbocycles. The largest absolute Gasteiger partial charge is 0.416 e. The van der Waals surface area contributed by atoms with Gasteiger partial charge in [-0.15, -0.1) is 0 Å². The van der Waals surface area contributed by atoms with Crippen molar-refractivity contribution in [1.29, 1.82) is 0 Å². The van der Waals surface area contributed by atoms with Crippen LogP contribution in [-0.4, -0.2) is 47.8 Å². The number of alkyl halides is 3. The fraction of sp³-hybridized carbons (Fsp3) is 0.417. The molecule has 1 aliphatic rings. The van der Waals surface area contributed by atoms with Gasteiger partial charge in [0.05, 0.1) is 5.56 Å². The van der Waals surface area contributed by atoms with Crippen LogP contribution in [0.25, 0.3) is 0 Å². The zero-order valence-electron chi connectivity index (χ0n) is 18.0. The molecule has 1 fully saturated rings. The molecule has 2 aromatic rings. The Morgan fingerprint density at radius 3 is 1.42 bits per heavy atom. The second-order valence-corrected chi connectivity index (χ2v) is 8.84. The van der Waals surface area contributed by atoms with Gasteiger partial charge in [0.2, 0.25) is 0 Å². The lowest BCUT2D eigenvalue weighted by atomic mass is 9.86. The Morgan fingerprint density at radius 1 is 0.677 bits per heavy atom. The van der Waals surface area contributed by atoms with E-state index < -0.39 is 11.7 Å². The fourth-order valence-electron chi connectivity index (χ4n) is 3.60. The predicted molar refractivity (Wildman–Crippen MR) is 113 cm³/mol. The third kappa shape index (κ3) is 5.46. The molecule has 0 atom stereocenters. The molecule has 0 N–H and O–H groups in total. The molecule has 3 rings (SSSR count). The SMILES string of the molecule is CC(C)(C)c1ccc(C(=O)N2CCCN(C(=O)c3ccc(C(F)(F)F)cc3)CC2)cc1. The standard InChI is InChI=1S/C24H27F3N2O2/c1-23(2,3)19-9-5-17(6-10-19)21(30)28-13-4-14-29(16-15-28)22(31)18-7-11-20(12-8-18)24(25,26)27/h5-12H,4,13-16H2,1-3H3. The molecule has 166 valence electrons. The van der Waals surface area contributed by atoms with Crippen LogP contribution < -0.4 is 0 Å². The highest BCUT2D eigenvalue weighted by molar-refractivity contribution is 5.95. The van der Waals surface area contributed by atoms with Gasteiger partial charge in [0.1, 0.15) is 0 Å². The van der Waals surface area contributed by atoms with Gasteiger partial charge in [-0.05, 0) is 53.8 Å². The lowest BCUT2D eigenvalue weighted by Gasteiger charge is -2.23. The monoisotopic (exact) mass is 432 g/mol. The van der Waals surface area contributed by atoms with Gasteiger partial charge in [0.25, 0.3) is 11.8 Å². The van der Waals surface area contributed by atoms with Crippen LogP contribution >= 0.6 is 0 Å². The van der Waals surface area contributed by atoms with Crippen LogP contribution in [0, 0.1) is 0 Å². The topological polar surface area (TPSA) is 40.6 Å². The van der Waals surface area contributed by atoms with E-state index in [1.54, 1.807) is 9.80 Å². The van der Waals surface area contributed by atoms with E-state index in [9.17, 15) is 22.8 Å². The zero-order chi connectivity index (χ0) is 22.8. The molecule has 1 heterocycles. The Morgan fingerprint density at radius 2 is 1.06 bits per heavy atom. The van der Waals surface area contributed by atoms with Crippen LogP contribution in [-0.2, 0) is 11.6 Å². The van der Waals surface area contributed by atoms with Crippen molar-refractivity contribution in [3.8, 4) is 0 Å². The van der Waals surface area contributed by atoms with Crippen LogP contribution in [0.15, 0.2) is 48.5 Å². The summed E-state index contributed by atoms with van der Waals surface area (Å²) in [5.74, 6) is -0.401. The molecule has 0 aromatic heterocycles. The molecule has 31 heavy (non-hydrogen) atoms. The smallest absolute Gasteiger partial charge is 0.337 e. The molecule has 0 radical (unpaired) electrons. The fourth-order valence-corrected chi connectivity index (χ4v) is 3.60. The van der Waals surface area contributed by atoms with Crippen molar-refractivity contribution in [3.63, 3.8) is 0 Å². The van der Waals surface area contributed by atoms with Crippen molar-refractivity contribution in [3.05, 3.63) is 70.8 Å². The van der Waals surface area contributed by atoms with Crippen molar-refractivity contribution in [2.24, 2.45) is 0 Å². The van der Waals surface area contributed by atoms with E-state index in [0.29, 0.717) is 38.2 Å². The van der Waals surface area contributed by atoms with Crippen LogP contribution in [0.1, 0.15) is 59.0 Å². The van der Waals surface area contributed by atoms with Crippen molar-refractivity contribution in [1.82, 2.24) is 9.80 Å². The van der Waals surface area contributed by atoms with E-state index >= 15 is 0 Å². The van der Waals surface area contributed by atoms with E-state index in [1.165, 1.54) is 12.1 Å². The molecular weight excluding hydrogens is 405 g/mol. The van der Waals surface area contributed by atoms with Crippen LogP contribution in [0.3, 0.4) is 0 Å². The second kappa shape index (κ2) is 8.73. The number of hydrogen-bond acceptors (Lipinski definition) is 2. The number of benzene rings is 2. The van der Waals surface area contributed by atoms with Crippen LogP contribution in [0.2, 0.25) is 0 Å². The molecule has 4 nitrogen and oxygen atoms in total. The number of carbonyl (C=O) groups excluding carboxylic acids is 2. The quantitative estimate of drug-likeness (QED) is 0.671. The van der Waals surface area contributed by atoms with E-state index in [1.807, 2.05) is 24.3 Å². The predicted octanol–water partition coefficient (Wildman–Crippen LogP) is 4.99. The van der Waals surface area contributed by atoms with Crippen LogP contribution in [0.5, 0.6) is 0 Å². The Kier molecular flexibility index (Phi) is 6.43. The van der Waals surface area contributed by atoms with E-state index in [2.05, 4.69) is 20.8 Å². The molecule has 0 aliphatic carbocycles. The Hall–Kier alpha value is -2.83. The summed E-state index contributed by atoms with van der Waals surface area (Å²) >= 11 is 0. The Bertz CT molecular complexity index is 852. The highest BCUT2D eigenvalue weighted by Crippen LogP contribution is 2.29. The molecule has 1 saturated heterocycles. The van der Waals surface area contributed by atoms with Crippen LogP contribution in [0.4, 0.5) is 13.2 Å². The lowest BCUT2D eigenvalue weighted by Crippen LogP contribution is -2.37. The maximum Gasteiger partial charge on any atom is 0.416 e. The van der Waals surface area contributed by atoms with Gasteiger partial charge in [-0.2, -0.15) is 13.2 Å². The highest BCUT2D eigenvalue weighted by atomic mass is 19.4. The summed E-state index contributed by atoms with van der Waals surface area (Å²) in [6.45, 7) is 8.03. The van der Waals surface area contributed by atoms with Crippen molar-refractivity contribution < 1.29 is 22.8 Å². The lowest BCUT2D eigenvalue weighted by molar-refractivity contribution is -0.137. The summed E-state index contributed by atoms with van der Waals surface area (Å²) in [6.07, 6.45) is -3.83. The average Bonchev–Trinajstić information content (AvgIpc) is 2.98. The average molecular weight is 432 g/mol.